The summed E-state index contributed by atoms with van der Waals surface area (Å²) in [5.74, 6) is 0.450. The molecule has 7 heteroatoms. The lowest BCUT2D eigenvalue weighted by atomic mass is 9.94. The number of ketones is 1. The molecule has 0 fully saturated rings. The Balaban J connectivity index is 1.52. The molecule has 1 aromatic heterocycles. The summed E-state index contributed by atoms with van der Waals surface area (Å²) in [5.41, 5.74) is 4.62. The highest BCUT2D eigenvalue weighted by Gasteiger charge is 2.23. The summed E-state index contributed by atoms with van der Waals surface area (Å²) < 4.78 is 5.78. The second kappa shape index (κ2) is 11.2. The van der Waals surface area contributed by atoms with Crippen LogP contribution in [0.3, 0.4) is 0 Å². The Morgan fingerprint density at radius 1 is 1.03 bits per heavy atom. The second-order valence-electron chi connectivity index (χ2n) is 8.73. The Hall–Kier alpha value is -2.67. The molecule has 1 amide bonds. The van der Waals surface area contributed by atoms with E-state index in [1.807, 2.05) is 30.3 Å². The first-order chi connectivity index (χ1) is 16.4. The number of nitrogens with zero attached hydrogens (tertiary/aromatic N) is 1. The molecular formula is C27H29ClN2O3S. The zero-order chi connectivity index (χ0) is 24.1. The minimum atomic E-state index is -0.647. The van der Waals surface area contributed by atoms with Gasteiger partial charge in [-0.2, -0.15) is 0 Å². The number of likely N-dealkylation sites (N-methyl/N-ethyl adjacent to an activating group) is 1. The smallest absolute Gasteiger partial charge is 0.261 e. The first-order valence-electron chi connectivity index (χ1n) is 11.4. The lowest BCUT2D eigenvalue weighted by molar-refractivity contribution is -0.120. The lowest BCUT2D eigenvalue weighted by Gasteiger charge is -2.18. The van der Waals surface area contributed by atoms with E-state index in [9.17, 15) is 9.59 Å². The number of carbonyl (C=O) groups excluding carboxylic acids is 2. The molecule has 2 heterocycles. The summed E-state index contributed by atoms with van der Waals surface area (Å²) in [7, 11) is 3.76. The van der Waals surface area contributed by atoms with Crippen LogP contribution < -0.4 is 10.1 Å². The molecule has 1 aliphatic rings. The average Bonchev–Trinajstić information content (AvgIpc) is 3.19. The lowest BCUT2D eigenvalue weighted by Crippen LogP contribution is -2.43. The van der Waals surface area contributed by atoms with Gasteiger partial charge in [-0.05, 0) is 72.8 Å². The van der Waals surface area contributed by atoms with Gasteiger partial charge in [0.25, 0.3) is 5.91 Å². The molecule has 34 heavy (non-hydrogen) atoms. The number of hydrogen-bond acceptors (Lipinski definition) is 5. The van der Waals surface area contributed by atoms with Crippen LogP contribution in [0.15, 0.2) is 54.6 Å². The van der Waals surface area contributed by atoms with Crippen LogP contribution in [0.1, 0.15) is 31.9 Å². The summed E-state index contributed by atoms with van der Waals surface area (Å²) in [5, 5.41) is 2.95. The maximum absolute atomic E-state index is 13.4. The number of Topliss-reactive ketones (excluding diaryl/α,β-unsaturated/α-hetero) is 1. The summed E-state index contributed by atoms with van der Waals surface area (Å²) in [6, 6.07) is 16.7. The highest BCUT2D eigenvalue weighted by Crippen LogP contribution is 2.22. The van der Waals surface area contributed by atoms with Gasteiger partial charge in [-0.15, -0.1) is 11.3 Å². The summed E-state index contributed by atoms with van der Waals surface area (Å²) in [4.78, 5) is 29.1. The molecular weight excluding hydrogens is 468 g/mol. The Bertz CT molecular complexity index is 1160. The van der Waals surface area contributed by atoms with Gasteiger partial charge in [-0.25, -0.2) is 0 Å². The van der Waals surface area contributed by atoms with Crippen LogP contribution in [-0.4, -0.2) is 49.9 Å². The van der Waals surface area contributed by atoms with E-state index in [1.54, 1.807) is 19.2 Å². The maximum Gasteiger partial charge on any atom is 0.261 e. The van der Waals surface area contributed by atoms with E-state index in [-0.39, 0.29) is 18.1 Å². The number of benzene rings is 2. The van der Waals surface area contributed by atoms with E-state index in [2.05, 4.69) is 29.4 Å². The number of amides is 1. The van der Waals surface area contributed by atoms with E-state index in [0.29, 0.717) is 15.6 Å². The molecule has 0 saturated carbocycles. The zero-order valence-electron chi connectivity index (χ0n) is 19.5. The monoisotopic (exact) mass is 496 g/mol. The third kappa shape index (κ3) is 6.26. The number of hydrogen-bond donors (Lipinski definition) is 1. The number of methoxy groups -OCH3 is 1. The van der Waals surface area contributed by atoms with Crippen LogP contribution in [0.4, 0.5) is 0 Å². The van der Waals surface area contributed by atoms with Crippen molar-refractivity contribution in [2.75, 3.05) is 27.2 Å². The standard InChI is InChI=1S/C27H29ClN2O3S/c1-30-13-11-20-6-3-19(15-21(20)12-14-30)17-24(31)23(16-18-4-7-22(33-2)8-5-18)29-27(32)25-9-10-26(28)34-25/h3-10,15,23H,11-14,16-17H2,1-2H3,(H,29,32). The van der Waals surface area contributed by atoms with Crippen molar-refractivity contribution in [2.45, 2.75) is 31.7 Å². The van der Waals surface area contributed by atoms with Gasteiger partial charge in [0.1, 0.15) is 5.75 Å². The van der Waals surface area contributed by atoms with Crippen molar-refractivity contribution in [3.63, 3.8) is 0 Å². The predicted molar refractivity (Wildman–Crippen MR) is 137 cm³/mol. The molecule has 2 aromatic carbocycles. The fourth-order valence-electron chi connectivity index (χ4n) is 4.23. The number of halogens is 1. The minimum Gasteiger partial charge on any atom is -0.497 e. The van der Waals surface area contributed by atoms with Crippen molar-refractivity contribution >= 4 is 34.6 Å². The predicted octanol–water partition coefficient (Wildman–Crippen LogP) is 4.59. The quantitative estimate of drug-likeness (QED) is 0.495. The van der Waals surface area contributed by atoms with Gasteiger partial charge >= 0.3 is 0 Å². The van der Waals surface area contributed by atoms with Gasteiger partial charge in [-0.1, -0.05) is 41.9 Å². The van der Waals surface area contributed by atoms with Crippen molar-refractivity contribution in [1.29, 1.82) is 0 Å². The minimum absolute atomic E-state index is 0.0162. The second-order valence-corrected chi connectivity index (χ2v) is 10.4. The largest absolute Gasteiger partial charge is 0.497 e. The van der Waals surface area contributed by atoms with Crippen LogP contribution in [0.5, 0.6) is 5.75 Å². The maximum atomic E-state index is 13.4. The number of ether oxygens (including phenoxy) is 1. The highest BCUT2D eigenvalue weighted by atomic mass is 35.5. The van der Waals surface area contributed by atoms with E-state index >= 15 is 0 Å². The van der Waals surface area contributed by atoms with Crippen LogP contribution in [0.2, 0.25) is 4.34 Å². The van der Waals surface area contributed by atoms with Gasteiger partial charge in [0.05, 0.1) is 22.4 Å². The number of nitrogens with one attached hydrogen (secondary N) is 1. The number of carbonyl (C=O) groups is 2. The Labute approximate surface area is 209 Å². The average molecular weight is 497 g/mol. The zero-order valence-corrected chi connectivity index (χ0v) is 21.0. The van der Waals surface area contributed by atoms with Crippen LogP contribution in [0, 0.1) is 0 Å². The molecule has 1 aliphatic heterocycles. The van der Waals surface area contributed by atoms with Crippen LogP contribution in [-0.2, 0) is 30.5 Å². The third-order valence-electron chi connectivity index (χ3n) is 6.26. The first-order valence-corrected chi connectivity index (χ1v) is 12.6. The van der Waals surface area contributed by atoms with E-state index < -0.39 is 6.04 Å². The van der Waals surface area contributed by atoms with E-state index in [4.69, 9.17) is 16.3 Å². The van der Waals surface area contributed by atoms with Crippen molar-refractivity contribution in [3.05, 3.63) is 86.1 Å². The van der Waals surface area contributed by atoms with E-state index in [0.717, 1.165) is 42.8 Å². The molecule has 178 valence electrons. The molecule has 4 rings (SSSR count). The fraction of sp³-hybridized carbons (Fsp3) is 0.333. The Kier molecular flexibility index (Phi) is 8.03. The number of thiophene rings is 1. The Morgan fingerprint density at radius 2 is 1.74 bits per heavy atom. The summed E-state index contributed by atoms with van der Waals surface area (Å²) >= 11 is 7.21. The van der Waals surface area contributed by atoms with Gasteiger partial charge in [0.15, 0.2) is 5.78 Å². The Morgan fingerprint density at radius 3 is 2.41 bits per heavy atom. The van der Waals surface area contributed by atoms with Gasteiger partial charge < -0.3 is 15.0 Å². The van der Waals surface area contributed by atoms with Gasteiger partial charge in [0.2, 0.25) is 0 Å². The first kappa shape index (κ1) is 24.5. The van der Waals surface area contributed by atoms with Crippen molar-refractivity contribution in [3.8, 4) is 5.75 Å². The van der Waals surface area contributed by atoms with Crippen LogP contribution >= 0.6 is 22.9 Å². The molecule has 0 bridgehead atoms. The topological polar surface area (TPSA) is 58.6 Å². The van der Waals surface area contributed by atoms with Gasteiger partial charge in [-0.3, -0.25) is 9.59 Å². The SMILES string of the molecule is COc1ccc(CC(NC(=O)c2ccc(Cl)s2)C(=O)Cc2ccc3c(c2)CCN(C)CC3)cc1. The normalized spacial score (nSPS) is 14.7. The molecule has 5 nitrogen and oxygen atoms in total. The van der Waals surface area contributed by atoms with Crippen molar-refractivity contribution in [1.82, 2.24) is 10.2 Å². The summed E-state index contributed by atoms with van der Waals surface area (Å²) in [6.07, 6.45) is 2.69. The molecule has 0 spiro atoms. The number of fused-ring (bicyclic) bond motifs is 1. The van der Waals surface area contributed by atoms with E-state index in [1.165, 1.54) is 22.5 Å². The molecule has 3 aromatic rings. The van der Waals surface area contributed by atoms with Crippen molar-refractivity contribution < 1.29 is 14.3 Å². The molecule has 0 radical (unpaired) electrons. The third-order valence-corrected chi connectivity index (χ3v) is 7.49. The fourth-order valence-corrected chi connectivity index (χ4v) is 5.18. The van der Waals surface area contributed by atoms with Gasteiger partial charge in [0, 0.05) is 19.5 Å². The molecule has 0 saturated heterocycles. The molecule has 1 atom stereocenters. The molecule has 0 aliphatic carbocycles. The number of rotatable bonds is 8. The summed E-state index contributed by atoms with van der Waals surface area (Å²) in [6.45, 7) is 2.07. The van der Waals surface area contributed by atoms with Crippen molar-refractivity contribution in [2.24, 2.45) is 0 Å². The molecule has 1 unspecified atom stereocenters. The van der Waals surface area contributed by atoms with Crippen LogP contribution in [0.25, 0.3) is 0 Å². The molecule has 1 N–H and O–H groups in total. The highest BCUT2D eigenvalue weighted by molar-refractivity contribution is 7.18.